The van der Waals surface area contributed by atoms with Gasteiger partial charge in [-0.3, -0.25) is 14.6 Å². The van der Waals surface area contributed by atoms with Crippen LogP contribution in [0.15, 0.2) is 17.2 Å². The molecule has 0 heterocycles. The second-order valence-electron chi connectivity index (χ2n) is 5.37. The van der Waals surface area contributed by atoms with E-state index in [0.29, 0.717) is 23.8 Å². The minimum atomic E-state index is -1.19. The largest absolute Gasteiger partial charge is 0.490 e. The second kappa shape index (κ2) is 9.34. The zero-order valence-corrected chi connectivity index (χ0v) is 14.7. The van der Waals surface area contributed by atoms with Gasteiger partial charge in [0.1, 0.15) is 13.1 Å². The lowest BCUT2D eigenvalue weighted by Crippen LogP contribution is -2.30. The smallest absolute Gasteiger partial charge is 0.324 e. The molecule has 0 radical (unpaired) electrons. The number of hydrogen-bond acceptors (Lipinski definition) is 5. The van der Waals surface area contributed by atoms with Crippen molar-refractivity contribution in [2.45, 2.75) is 13.8 Å². The van der Waals surface area contributed by atoms with Gasteiger partial charge in [-0.1, -0.05) is 37.0 Å². The number of carbonyl (C=O) groups is 2. The van der Waals surface area contributed by atoms with Gasteiger partial charge >= 0.3 is 11.9 Å². The first-order chi connectivity index (χ1) is 11.2. The van der Waals surface area contributed by atoms with Crippen LogP contribution in [0.25, 0.3) is 0 Å². The van der Waals surface area contributed by atoms with Gasteiger partial charge in [0, 0.05) is 0 Å². The SMILES string of the molecule is CC(C)COc1c(Cl)cc(/C=N\N(CC(=O)O)CC(=O)O)cc1Cl. The van der Waals surface area contributed by atoms with Crippen molar-refractivity contribution in [3.63, 3.8) is 0 Å². The maximum absolute atomic E-state index is 10.7. The number of benzene rings is 1. The van der Waals surface area contributed by atoms with Crippen LogP contribution in [-0.4, -0.2) is 53.1 Å². The monoisotopic (exact) mass is 376 g/mol. The molecular formula is C15H18Cl2N2O5. The average Bonchev–Trinajstić information content (AvgIpc) is 2.42. The Labute approximate surface area is 149 Å². The van der Waals surface area contributed by atoms with E-state index >= 15 is 0 Å². The normalized spacial score (nSPS) is 11.0. The summed E-state index contributed by atoms with van der Waals surface area (Å²) in [6.07, 6.45) is 1.29. The molecule has 0 atom stereocenters. The van der Waals surface area contributed by atoms with Gasteiger partial charge in [-0.05, 0) is 23.6 Å². The first-order valence-electron chi connectivity index (χ1n) is 7.03. The number of rotatable bonds is 9. The predicted octanol–water partition coefficient (Wildman–Crippen LogP) is 2.83. The molecule has 7 nitrogen and oxygen atoms in total. The van der Waals surface area contributed by atoms with E-state index in [9.17, 15) is 9.59 Å². The number of ether oxygens (including phenoxy) is 1. The summed E-state index contributed by atoms with van der Waals surface area (Å²) < 4.78 is 5.54. The molecule has 132 valence electrons. The summed E-state index contributed by atoms with van der Waals surface area (Å²) in [5.74, 6) is -1.72. The maximum atomic E-state index is 10.7. The molecule has 1 aromatic carbocycles. The fourth-order valence-corrected chi connectivity index (χ4v) is 2.25. The van der Waals surface area contributed by atoms with Crippen LogP contribution < -0.4 is 4.74 Å². The molecule has 0 aliphatic carbocycles. The quantitative estimate of drug-likeness (QED) is 0.507. The van der Waals surface area contributed by atoms with Gasteiger partial charge in [0.25, 0.3) is 0 Å². The number of nitrogens with zero attached hydrogens (tertiary/aromatic N) is 2. The van der Waals surface area contributed by atoms with Crippen molar-refractivity contribution in [3.8, 4) is 5.75 Å². The zero-order valence-electron chi connectivity index (χ0n) is 13.2. The number of hydrazone groups is 1. The molecule has 0 aliphatic heterocycles. The molecule has 9 heteroatoms. The van der Waals surface area contributed by atoms with Crippen molar-refractivity contribution < 1.29 is 24.5 Å². The summed E-state index contributed by atoms with van der Waals surface area (Å²) >= 11 is 12.3. The fraction of sp³-hybridized carbons (Fsp3) is 0.400. The number of aliphatic carboxylic acids is 2. The van der Waals surface area contributed by atoms with Gasteiger partial charge in [-0.15, -0.1) is 0 Å². The topological polar surface area (TPSA) is 99.4 Å². The molecule has 1 aromatic rings. The Kier molecular flexibility index (Phi) is 7.81. The predicted molar refractivity (Wildman–Crippen MR) is 91.2 cm³/mol. The highest BCUT2D eigenvalue weighted by molar-refractivity contribution is 6.37. The molecule has 0 aliphatic rings. The van der Waals surface area contributed by atoms with Crippen LogP contribution in [0, 0.1) is 5.92 Å². The summed E-state index contributed by atoms with van der Waals surface area (Å²) in [5, 5.41) is 22.8. The Balaban J connectivity index is 2.92. The second-order valence-corrected chi connectivity index (χ2v) is 6.19. The van der Waals surface area contributed by atoms with Crippen molar-refractivity contribution in [2.75, 3.05) is 19.7 Å². The van der Waals surface area contributed by atoms with E-state index in [0.717, 1.165) is 5.01 Å². The average molecular weight is 377 g/mol. The molecule has 0 aromatic heterocycles. The third kappa shape index (κ3) is 7.06. The third-order valence-corrected chi connectivity index (χ3v) is 3.15. The highest BCUT2D eigenvalue weighted by Crippen LogP contribution is 2.34. The summed E-state index contributed by atoms with van der Waals surface area (Å²) in [6, 6.07) is 3.10. The van der Waals surface area contributed by atoms with Gasteiger partial charge in [0.05, 0.1) is 22.9 Å². The molecule has 0 saturated carbocycles. The molecule has 0 spiro atoms. The van der Waals surface area contributed by atoms with Gasteiger partial charge < -0.3 is 14.9 Å². The van der Waals surface area contributed by atoms with E-state index in [1.54, 1.807) is 12.1 Å². The van der Waals surface area contributed by atoms with Gasteiger partial charge in [-0.25, -0.2) is 0 Å². The van der Waals surface area contributed by atoms with Crippen LogP contribution in [0.4, 0.5) is 0 Å². The molecular weight excluding hydrogens is 359 g/mol. The van der Waals surface area contributed by atoms with Crippen molar-refractivity contribution in [2.24, 2.45) is 11.0 Å². The van der Waals surface area contributed by atoms with Crippen LogP contribution >= 0.6 is 23.2 Å². The number of hydrogen-bond donors (Lipinski definition) is 2. The first-order valence-corrected chi connectivity index (χ1v) is 7.79. The van der Waals surface area contributed by atoms with Crippen LogP contribution in [-0.2, 0) is 9.59 Å². The van der Waals surface area contributed by atoms with Crippen molar-refractivity contribution in [1.29, 1.82) is 0 Å². The van der Waals surface area contributed by atoms with E-state index in [-0.39, 0.29) is 10.0 Å². The van der Waals surface area contributed by atoms with Crippen LogP contribution in [0.2, 0.25) is 10.0 Å². The molecule has 0 bridgehead atoms. The van der Waals surface area contributed by atoms with Crippen molar-refractivity contribution in [1.82, 2.24) is 5.01 Å². The zero-order chi connectivity index (χ0) is 18.3. The Morgan fingerprint density at radius 2 is 1.71 bits per heavy atom. The molecule has 2 N–H and O–H groups in total. The fourth-order valence-electron chi connectivity index (χ4n) is 1.64. The summed E-state index contributed by atoms with van der Waals surface area (Å²) in [6.45, 7) is 3.35. The van der Waals surface area contributed by atoms with Crippen LogP contribution in [0.1, 0.15) is 19.4 Å². The number of carboxylic acids is 2. The Morgan fingerprint density at radius 3 is 2.12 bits per heavy atom. The Bertz CT molecular complexity index is 595. The van der Waals surface area contributed by atoms with Crippen molar-refractivity contribution >= 4 is 41.4 Å². The first kappa shape index (κ1) is 20.1. The van der Waals surface area contributed by atoms with Crippen LogP contribution in [0.5, 0.6) is 5.75 Å². The standard InChI is InChI=1S/C15H18Cl2N2O5/c1-9(2)8-24-15-11(16)3-10(4-12(15)17)5-18-19(6-13(20)21)7-14(22)23/h3-5,9H,6-8H2,1-2H3,(H,20,21)(H,22,23)/b18-5-. The summed E-state index contributed by atoms with van der Waals surface area (Å²) in [4.78, 5) is 21.4. The van der Waals surface area contributed by atoms with E-state index in [1.165, 1.54) is 6.21 Å². The highest BCUT2D eigenvalue weighted by atomic mass is 35.5. The number of halogens is 2. The third-order valence-electron chi connectivity index (χ3n) is 2.59. The molecule has 0 fully saturated rings. The Hall–Kier alpha value is -1.99. The minimum absolute atomic E-state index is 0.285. The van der Waals surface area contributed by atoms with Gasteiger partial charge in [-0.2, -0.15) is 5.10 Å². The molecule has 24 heavy (non-hydrogen) atoms. The number of carboxylic acid groups (broad SMARTS) is 2. The summed E-state index contributed by atoms with van der Waals surface area (Å²) in [7, 11) is 0. The van der Waals surface area contributed by atoms with E-state index < -0.39 is 25.0 Å². The van der Waals surface area contributed by atoms with E-state index in [4.69, 9.17) is 38.2 Å². The lowest BCUT2D eigenvalue weighted by atomic mass is 10.2. The molecule has 0 saturated heterocycles. The lowest BCUT2D eigenvalue weighted by Gasteiger charge is -2.14. The summed E-state index contributed by atoms with van der Waals surface area (Å²) in [5.41, 5.74) is 0.489. The van der Waals surface area contributed by atoms with E-state index in [1.807, 2.05) is 13.8 Å². The van der Waals surface area contributed by atoms with E-state index in [2.05, 4.69) is 5.10 Å². The maximum Gasteiger partial charge on any atom is 0.324 e. The van der Waals surface area contributed by atoms with Crippen molar-refractivity contribution in [3.05, 3.63) is 27.7 Å². The molecule has 1 rings (SSSR count). The molecule has 0 amide bonds. The Morgan fingerprint density at radius 1 is 1.21 bits per heavy atom. The van der Waals surface area contributed by atoms with Gasteiger partial charge in [0.15, 0.2) is 5.75 Å². The minimum Gasteiger partial charge on any atom is -0.490 e. The van der Waals surface area contributed by atoms with Gasteiger partial charge in [0.2, 0.25) is 0 Å². The lowest BCUT2D eigenvalue weighted by molar-refractivity contribution is -0.141. The molecule has 0 unspecified atom stereocenters. The van der Waals surface area contributed by atoms with Crippen LogP contribution in [0.3, 0.4) is 0 Å². The highest BCUT2D eigenvalue weighted by Gasteiger charge is 2.12.